The molecule has 154 valence electrons. The highest BCUT2D eigenvalue weighted by Crippen LogP contribution is 2.25. The van der Waals surface area contributed by atoms with Crippen LogP contribution in [0.4, 0.5) is 0 Å². The maximum atomic E-state index is 12.4. The predicted molar refractivity (Wildman–Crippen MR) is 114 cm³/mol. The van der Waals surface area contributed by atoms with Crippen LogP contribution >= 0.6 is 11.3 Å². The van der Waals surface area contributed by atoms with Gasteiger partial charge >= 0.3 is 0 Å². The number of fused-ring (bicyclic) bond motifs is 1. The quantitative estimate of drug-likeness (QED) is 0.617. The van der Waals surface area contributed by atoms with Crippen molar-refractivity contribution in [2.75, 3.05) is 40.4 Å². The summed E-state index contributed by atoms with van der Waals surface area (Å²) in [4.78, 5) is 22.6. The Morgan fingerprint density at radius 2 is 1.76 bits per heavy atom. The third-order valence-corrected chi connectivity index (χ3v) is 6.30. The highest BCUT2D eigenvalue weighted by atomic mass is 32.1. The second-order valence-corrected chi connectivity index (χ2v) is 8.15. The number of thiazole rings is 1. The van der Waals surface area contributed by atoms with Gasteiger partial charge in [0.05, 0.1) is 19.9 Å². The van der Waals surface area contributed by atoms with E-state index in [4.69, 9.17) is 9.47 Å². The van der Waals surface area contributed by atoms with E-state index in [2.05, 4.69) is 14.8 Å². The van der Waals surface area contributed by atoms with Crippen molar-refractivity contribution in [1.82, 2.24) is 19.2 Å². The molecule has 0 N–H and O–H groups in total. The molecule has 1 aromatic carbocycles. The molecule has 0 unspecified atom stereocenters. The third kappa shape index (κ3) is 4.29. The highest BCUT2D eigenvalue weighted by molar-refractivity contribution is 7.15. The molecule has 0 radical (unpaired) electrons. The number of aromatic nitrogens is 2. The Labute approximate surface area is 174 Å². The Bertz CT molecular complexity index is 1050. The van der Waals surface area contributed by atoms with Crippen molar-refractivity contribution in [2.24, 2.45) is 0 Å². The van der Waals surface area contributed by atoms with E-state index in [1.807, 2.05) is 30.5 Å². The Morgan fingerprint density at radius 1 is 1.03 bits per heavy atom. The summed E-state index contributed by atoms with van der Waals surface area (Å²) in [5, 5.41) is 1.97. The zero-order valence-electron chi connectivity index (χ0n) is 17.1. The van der Waals surface area contributed by atoms with Crippen molar-refractivity contribution >= 4 is 16.3 Å². The fourth-order valence-electron chi connectivity index (χ4n) is 3.76. The summed E-state index contributed by atoms with van der Waals surface area (Å²) in [5.74, 6) is 1.73. The van der Waals surface area contributed by atoms with Gasteiger partial charge in [-0.25, -0.2) is 4.98 Å². The average molecular weight is 415 g/mol. The zero-order valence-corrected chi connectivity index (χ0v) is 17.9. The summed E-state index contributed by atoms with van der Waals surface area (Å²) < 4.78 is 12.5. The first-order valence-corrected chi connectivity index (χ1v) is 10.6. The largest absolute Gasteiger partial charge is 0.497 e. The number of methoxy groups -OCH3 is 2. The molecule has 3 aromatic rings. The van der Waals surface area contributed by atoms with Crippen LogP contribution in [-0.2, 0) is 13.1 Å². The SMILES string of the molecule is COc1ccc(OC)c(CN2CCN(Cc3cc(=O)n4c(C)csc4n3)CC2)c1. The molecule has 0 atom stereocenters. The van der Waals surface area contributed by atoms with Gasteiger partial charge in [-0.1, -0.05) is 0 Å². The maximum absolute atomic E-state index is 12.4. The topological polar surface area (TPSA) is 59.3 Å². The lowest BCUT2D eigenvalue weighted by Crippen LogP contribution is -2.45. The molecule has 3 heterocycles. The molecule has 1 saturated heterocycles. The normalized spacial score (nSPS) is 15.7. The number of nitrogens with zero attached hydrogens (tertiary/aromatic N) is 4. The summed E-state index contributed by atoms with van der Waals surface area (Å²) in [6.45, 7) is 7.27. The van der Waals surface area contributed by atoms with Gasteiger partial charge < -0.3 is 9.47 Å². The zero-order chi connectivity index (χ0) is 20.4. The monoisotopic (exact) mass is 414 g/mol. The van der Waals surface area contributed by atoms with Crippen LogP contribution in [0.25, 0.3) is 4.96 Å². The smallest absolute Gasteiger partial charge is 0.259 e. The molecule has 1 fully saturated rings. The molecule has 0 spiro atoms. The van der Waals surface area contributed by atoms with Crippen molar-refractivity contribution in [3.8, 4) is 11.5 Å². The molecule has 1 aliphatic rings. The van der Waals surface area contributed by atoms with E-state index in [-0.39, 0.29) is 5.56 Å². The molecule has 29 heavy (non-hydrogen) atoms. The number of ether oxygens (including phenoxy) is 2. The number of aryl methyl sites for hydroxylation is 1. The van der Waals surface area contributed by atoms with E-state index in [1.54, 1.807) is 24.7 Å². The standard InChI is InChI=1S/C21H26N4O3S/c1-15-14-29-21-22-17(11-20(26)25(15)21)13-24-8-6-23(7-9-24)12-16-10-18(27-2)4-5-19(16)28-3/h4-5,10-11,14H,6-9,12-13H2,1-3H3. The number of piperazine rings is 1. The molecule has 7 nitrogen and oxygen atoms in total. The molecular weight excluding hydrogens is 388 g/mol. The van der Waals surface area contributed by atoms with E-state index in [0.717, 1.165) is 66.1 Å². The Morgan fingerprint density at radius 3 is 2.45 bits per heavy atom. The minimum atomic E-state index is 0.00695. The number of rotatable bonds is 6. The molecule has 0 bridgehead atoms. The molecule has 0 saturated carbocycles. The van der Waals surface area contributed by atoms with Crippen LogP contribution in [0.2, 0.25) is 0 Å². The number of hydrogen-bond acceptors (Lipinski definition) is 7. The van der Waals surface area contributed by atoms with E-state index < -0.39 is 0 Å². The van der Waals surface area contributed by atoms with Crippen LogP contribution in [0.3, 0.4) is 0 Å². The predicted octanol–water partition coefficient (Wildman–Crippen LogP) is 2.40. The van der Waals surface area contributed by atoms with Crippen LogP contribution in [0.1, 0.15) is 17.0 Å². The Kier molecular flexibility index (Phi) is 5.84. The fourth-order valence-corrected chi connectivity index (χ4v) is 4.65. The van der Waals surface area contributed by atoms with Crippen LogP contribution in [0, 0.1) is 6.92 Å². The van der Waals surface area contributed by atoms with Gasteiger partial charge in [-0.05, 0) is 25.1 Å². The molecule has 2 aromatic heterocycles. The minimum absolute atomic E-state index is 0.00695. The summed E-state index contributed by atoms with van der Waals surface area (Å²) >= 11 is 1.52. The first-order valence-electron chi connectivity index (χ1n) is 9.70. The van der Waals surface area contributed by atoms with Crippen LogP contribution in [-0.4, -0.2) is 59.6 Å². The first kappa shape index (κ1) is 19.9. The highest BCUT2D eigenvalue weighted by Gasteiger charge is 2.19. The lowest BCUT2D eigenvalue weighted by atomic mass is 10.1. The van der Waals surface area contributed by atoms with Gasteiger partial charge in [0.25, 0.3) is 5.56 Å². The van der Waals surface area contributed by atoms with Gasteiger partial charge in [0.15, 0.2) is 4.96 Å². The summed E-state index contributed by atoms with van der Waals surface area (Å²) in [6.07, 6.45) is 0. The summed E-state index contributed by atoms with van der Waals surface area (Å²) in [6, 6.07) is 7.58. The second-order valence-electron chi connectivity index (χ2n) is 7.31. The molecule has 4 rings (SSSR count). The second kappa shape index (κ2) is 8.52. The molecule has 0 amide bonds. The van der Waals surface area contributed by atoms with Gasteiger partial charge in [0.2, 0.25) is 0 Å². The average Bonchev–Trinajstić information content (AvgIpc) is 3.10. The molecule has 0 aliphatic carbocycles. The third-order valence-electron chi connectivity index (χ3n) is 5.36. The number of benzene rings is 1. The minimum Gasteiger partial charge on any atom is -0.497 e. The molecule has 8 heteroatoms. The molecular formula is C21H26N4O3S. The first-order chi connectivity index (χ1) is 14.1. The van der Waals surface area contributed by atoms with Crippen molar-refractivity contribution in [3.05, 3.63) is 57.0 Å². The van der Waals surface area contributed by atoms with E-state index >= 15 is 0 Å². The van der Waals surface area contributed by atoms with Crippen LogP contribution in [0.5, 0.6) is 11.5 Å². The van der Waals surface area contributed by atoms with Gasteiger partial charge in [0, 0.05) is 62.0 Å². The van der Waals surface area contributed by atoms with Crippen LogP contribution in [0.15, 0.2) is 34.4 Å². The van der Waals surface area contributed by atoms with Gasteiger partial charge in [-0.3, -0.25) is 19.0 Å². The van der Waals surface area contributed by atoms with E-state index in [0.29, 0.717) is 6.54 Å². The molecule has 1 aliphatic heterocycles. The maximum Gasteiger partial charge on any atom is 0.259 e. The lowest BCUT2D eigenvalue weighted by molar-refractivity contribution is 0.120. The van der Waals surface area contributed by atoms with Crippen LogP contribution < -0.4 is 15.0 Å². The summed E-state index contributed by atoms with van der Waals surface area (Å²) in [5.41, 5.74) is 2.93. The van der Waals surface area contributed by atoms with E-state index in [1.165, 1.54) is 11.3 Å². The Balaban J connectivity index is 1.38. The summed E-state index contributed by atoms with van der Waals surface area (Å²) in [7, 11) is 3.38. The van der Waals surface area contributed by atoms with Gasteiger partial charge in [-0.15, -0.1) is 11.3 Å². The van der Waals surface area contributed by atoms with Gasteiger partial charge in [-0.2, -0.15) is 0 Å². The van der Waals surface area contributed by atoms with Crippen molar-refractivity contribution in [1.29, 1.82) is 0 Å². The fraction of sp³-hybridized carbons (Fsp3) is 0.429. The van der Waals surface area contributed by atoms with Crippen molar-refractivity contribution in [2.45, 2.75) is 20.0 Å². The number of hydrogen-bond donors (Lipinski definition) is 0. The van der Waals surface area contributed by atoms with Gasteiger partial charge in [0.1, 0.15) is 11.5 Å². The van der Waals surface area contributed by atoms with Crippen molar-refractivity contribution < 1.29 is 9.47 Å². The van der Waals surface area contributed by atoms with E-state index in [9.17, 15) is 4.79 Å². The lowest BCUT2D eigenvalue weighted by Gasteiger charge is -2.34. The van der Waals surface area contributed by atoms with Crippen molar-refractivity contribution in [3.63, 3.8) is 0 Å². The Hall–Kier alpha value is -2.42.